The Hall–Kier alpha value is -1.36. The Bertz CT molecular complexity index is 395. The highest BCUT2D eigenvalue weighted by atomic mass is 16.1. The van der Waals surface area contributed by atoms with Crippen molar-refractivity contribution in [3.63, 3.8) is 0 Å². The largest absolute Gasteiger partial charge is 0.368 e. The summed E-state index contributed by atoms with van der Waals surface area (Å²) in [4.78, 5) is 15.6. The quantitative estimate of drug-likeness (QED) is 0.742. The summed E-state index contributed by atoms with van der Waals surface area (Å²) >= 11 is 0. The molecule has 3 N–H and O–H groups in total. The normalized spacial score (nSPS) is 17.4. The Labute approximate surface area is 95.0 Å². The summed E-state index contributed by atoms with van der Waals surface area (Å²) in [7, 11) is 0. The molecule has 1 saturated carbocycles. The number of rotatable bonds is 5. The molecule has 0 spiro atoms. The molecule has 1 aliphatic rings. The van der Waals surface area contributed by atoms with E-state index >= 15 is 0 Å². The van der Waals surface area contributed by atoms with Crippen LogP contribution < -0.4 is 11.1 Å². The summed E-state index contributed by atoms with van der Waals surface area (Å²) in [5.41, 5.74) is 6.35. The molecule has 16 heavy (non-hydrogen) atoms. The number of aryl methyl sites for hydroxylation is 2. The molecule has 0 aromatic carbocycles. The molecule has 1 fully saturated rings. The van der Waals surface area contributed by atoms with Gasteiger partial charge in [0.05, 0.1) is 5.69 Å². The molecule has 1 aromatic rings. The second-order valence-electron chi connectivity index (χ2n) is 4.48. The number of carbonyl (C=O) groups is 1. The number of nitrogens with two attached hydrogens (primary N) is 1. The van der Waals surface area contributed by atoms with Gasteiger partial charge in [0, 0.05) is 18.8 Å². The van der Waals surface area contributed by atoms with Crippen LogP contribution in [0.5, 0.6) is 0 Å². The van der Waals surface area contributed by atoms with E-state index in [0.29, 0.717) is 12.6 Å². The van der Waals surface area contributed by atoms with E-state index in [-0.39, 0.29) is 11.9 Å². The van der Waals surface area contributed by atoms with Crippen molar-refractivity contribution in [2.75, 3.05) is 0 Å². The molecule has 1 unspecified atom stereocenters. The third kappa shape index (κ3) is 2.61. The van der Waals surface area contributed by atoms with Gasteiger partial charge in [0.1, 0.15) is 11.9 Å². The predicted octanol–water partition coefficient (Wildman–Crippen LogP) is 0.106. The van der Waals surface area contributed by atoms with Gasteiger partial charge in [-0.1, -0.05) is 0 Å². The van der Waals surface area contributed by atoms with Gasteiger partial charge in [0.2, 0.25) is 5.91 Å². The van der Waals surface area contributed by atoms with Crippen LogP contribution in [0.3, 0.4) is 0 Å². The molecular weight excluding hydrogens is 204 g/mol. The zero-order valence-corrected chi connectivity index (χ0v) is 9.73. The van der Waals surface area contributed by atoms with Gasteiger partial charge in [-0.3, -0.25) is 4.79 Å². The van der Waals surface area contributed by atoms with Gasteiger partial charge in [-0.25, -0.2) is 4.98 Å². The molecule has 1 amide bonds. The topological polar surface area (TPSA) is 72.9 Å². The van der Waals surface area contributed by atoms with Gasteiger partial charge >= 0.3 is 0 Å². The van der Waals surface area contributed by atoms with Crippen LogP contribution in [0.4, 0.5) is 0 Å². The van der Waals surface area contributed by atoms with Crippen molar-refractivity contribution >= 4 is 5.91 Å². The Morgan fingerprint density at radius 3 is 2.81 bits per heavy atom. The van der Waals surface area contributed by atoms with Gasteiger partial charge < -0.3 is 15.6 Å². The standard InChI is InChI=1S/C11H18N4O/c1-7-5-15(8(2)13-7)6-10(11(12)16)14-9-3-4-9/h5,9-10,14H,3-4,6H2,1-2H3,(H2,12,16). The van der Waals surface area contributed by atoms with Gasteiger partial charge in [-0.15, -0.1) is 0 Å². The maximum absolute atomic E-state index is 11.3. The first-order valence-corrected chi connectivity index (χ1v) is 5.62. The second-order valence-corrected chi connectivity index (χ2v) is 4.48. The van der Waals surface area contributed by atoms with Crippen molar-refractivity contribution in [2.24, 2.45) is 5.73 Å². The van der Waals surface area contributed by atoms with Crippen molar-refractivity contribution in [1.82, 2.24) is 14.9 Å². The van der Waals surface area contributed by atoms with Gasteiger partial charge in [0.15, 0.2) is 0 Å². The van der Waals surface area contributed by atoms with Crippen molar-refractivity contribution in [3.05, 3.63) is 17.7 Å². The molecule has 1 aliphatic carbocycles. The number of nitrogens with zero attached hydrogens (tertiary/aromatic N) is 2. The predicted molar refractivity (Wildman–Crippen MR) is 60.8 cm³/mol. The molecule has 0 radical (unpaired) electrons. The van der Waals surface area contributed by atoms with E-state index in [1.165, 1.54) is 0 Å². The molecule has 2 rings (SSSR count). The highest BCUT2D eigenvalue weighted by Gasteiger charge is 2.27. The number of aromatic nitrogens is 2. The molecule has 88 valence electrons. The van der Waals surface area contributed by atoms with E-state index < -0.39 is 0 Å². The average Bonchev–Trinajstić information content (AvgIpc) is 2.93. The SMILES string of the molecule is Cc1cn(CC(NC2CC2)C(N)=O)c(C)n1. The molecular formula is C11H18N4O. The van der Waals surface area contributed by atoms with E-state index in [2.05, 4.69) is 10.3 Å². The van der Waals surface area contributed by atoms with E-state index in [0.717, 1.165) is 24.4 Å². The van der Waals surface area contributed by atoms with E-state index in [1.807, 2.05) is 24.6 Å². The lowest BCUT2D eigenvalue weighted by Gasteiger charge is -2.16. The van der Waals surface area contributed by atoms with Crippen LogP contribution in [-0.4, -0.2) is 27.5 Å². The monoisotopic (exact) mass is 222 g/mol. The van der Waals surface area contributed by atoms with Crippen LogP contribution in [0.1, 0.15) is 24.4 Å². The number of imidazole rings is 1. The van der Waals surface area contributed by atoms with Gasteiger partial charge in [-0.05, 0) is 26.7 Å². The van der Waals surface area contributed by atoms with E-state index in [4.69, 9.17) is 5.73 Å². The highest BCUT2D eigenvalue weighted by molar-refractivity contribution is 5.79. The summed E-state index contributed by atoms with van der Waals surface area (Å²) in [6.07, 6.45) is 4.23. The lowest BCUT2D eigenvalue weighted by Crippen LogP contribution is -2.45. The number of amides is 1. The summed E-state index contributed by atoms with van der Waals surface area (Å²) in [6, 6.07) is 0.183. The lowest BCUT2D eigenvalue weighted by atomic mass is 10.2. The Kier molecular flexibility index (Phi) is 2.96. The Morgan fingerprint density at radius 2 is 2.38 bits per heavy atom. The third-order valence-electron chi connectivity index (χ3n) is 2.83. The molecule has 0 saturated heterocycles. The van der Waals surface area contributed by atoms with Gasteiger partial charge in [-0.2, -0.15) is 0 Å². The number of hydrogen-bond acceptors (Lipinski definition) is 3. The van der Waals surface area contributed by atoms with Gasteiger partial charge in [0.25, 0.3) is 0 Å². The second kappa shape index (κ2) is 4.25. The van der Waals surface area contributed by atoms with Crippen molar-refractivity contribution in [1.29, 1.82) is 0 Å². The fourth-order valence-corrected chi connectivity index (χ4v) is 1.81. The Balaban J connectivity index is 2.03. The average molecular weight is 222 g/mol. The first-order valence-electron chi connectivity index (χ1n) is 5.62. The van der Waals surface area contributed by atoms with Crippen LogP contribution in [0.25, 0.3) is 0 Å². The zero-order chi connectivity index (χ0) is 11.7. The van der Waals surface area contributed by atoms with Crippen LogP contribution in [0, 0.1) is 13.8 Å². The van der Waals surface area contributed by atoms with E-state index in [9.17, 15) is 4.79 Å². The third-order valence-corrected chi connectivity index (χ3v) is 2.83. The summed E-state index contributed by atoms with van der Waals surface area (Å²) in [5.74, 6) is 0.624. The Morgan fingerprint density at radius 1 is 1.69 bits per heavy atom. The molecule has 0 aliphatic heterocycles. The lowest BCUT2D eigenvalue weighted by molar-refractivity contribution is -0.120. The summed E-state index contributed by atoms with van der Waals surface area (Å²) in [6.45, 7) is 4.44. The minimum Gasteiger partial charge on any atom is -0.368 e. The minimum absolute atomic E-state index is 0.292. The van der Waals surface area contributed by atoms with Crippen LogP contribution >= 0.6 is 0 Å². The number of hydrogen-bond donors (Lipinski definition) is 2. The zero-order valence-electron chi connectivity index (χ0n) is 9.73. The van der Waals surface area contributed by atoms with Crippen molar-refractivity contribution < 1.29 is 4.79 Å². The molecule has 1 atom stereocenters. The molecule has 5 nitrogen and oxygen atoms in total. The van der Waals surface area contributed by atoms with Crippen LogP contribution in [-0.2, 0) is 11.3 Å². The first-order chi connectivity index (χ1) is 7.56. The number of carbonyl (C=O) groups excluding carboxylic acids is 1. The van der Waals surface area contributed by atoms with E-state index in [1.54, 1.807) is 0 Å². The maximum atomic E-state index is 11.3. The van der Waals surface area contributed by atoms with Crippen molar-refractivity contribution in [3.8, 4) is 0 Å². The maximum Gasteiger partial charge on any atom is 0.236 e. The molecule has 1 aromatic heterocycles. The first kappa shape index (κ1) is 11.1. The molecule has 5 heteroatoms. The molecule has 0 bridgehead atoms. The van der Waals surface area contributed by atoms with Crippen LogP contribution in [0.15, 0.2) is 6.20 Å². The minimum atomic E-state index is -0.294. The van der Waals surface area contributed by atoms with Crippen LogP contribution in [0.2, 0.25) is 0 Å². The summed E-state index contributed by atoms with van der Waals surface area (Å²) < 4.78 is 1.97. The smallest absolute Gasteiger partial charge is 0.236 e. The molecule has 1 heterocycles. The fourth-order valence-electron chi connectivity index (χ4n) is 1.81. The number of primary amides is 1. The number of nitrogens with one attached hydrogen (secondary N) is 1. The summed E-state index contributed by atoms with van der Waals surface area (Å²) in [5, 5.41) is 3.25. The van der Waals surface area contributed by atoms with Crippen molar-refractivity contribution in [2.45, 2.75) is 45.3 Å². The fraction of sp³-hybridized carbons (Fsp3) is 0.636. The highest BCUT2D eigenvalue weighted by Crippen LogP contribution is 2.19.